The van der Waals surface area contributed by atoms with Gasteiger partial charge >= 0.3 is 6.18 Å². The number of aryl methyl sites for hydroxylation is 1. The molecule has 0 atom stereocenters. The third kappa shape index (κ3) is 3.73. The summed E-state index contributed by atoms with van der Waals surface area (Å²) in [5, 5.41) is 7.58. The Balaban J connectivity index is 1.72. The number of thioether (sulfide) groups is 1. The van der Waals surface area contributed by atoms with Gasteiger partial charge in [-0.2, -0.15) is 18.3 Å². The van der Waals surface area contributed by atoms with Gasteiger partial charge < -0.3 is 5.32 Å². The Bertz CT molecular complexity index is 925. The number of rotatable bonds is 4. The van der Waals surface area contributed by atoms with E-state index in [-0.39, 0.29) is 11.4 Å². The Labute approximate surface area is 144 Å². The highest BCUT2D eigenvalue weighted by Gasteiger charge is 2.33. The summed E-state index contributed by atoms with van der Waals surface area (Å²) >= 11 is 1.11. The molecule has 0 unspecified atom stereocenters. The largest absolute Gasteiger partial charge is 0.418 e. The van der Waals surface area contributed by atoms with Crippen molar-refractivity contribution < 1.29 is 18.0 Å². The van der Waals surface area contributed by atoms with Gasteiger partial charge in [-0.15, -0.1) is 0 Å². The van der Waals surface area contributed by atoms with Crippen LogP contribution in [-0.4, -0.2) is 31.4 Å². The van der Waals surface area contributed by atoms with Gasteiger partial charge in [-0.05, 0) is 12.1 Å². The van der Waals surface area contributed by atoms with Crippen molar-refractivity contribution in [3.63, 3.8) is 0 Å². The van der Waals surface area contributed by atoms with Crippen molar-refractivity contribution in [2.75, 3.05) is 11.1 Å². The number of aromatic nitrogens is 4. The number of amides is 1. The van der Waals surface area contributed by atoms with Crippen LogP contribution in [0.15, 0.2) is 41.8 Å². The van der Waals surface area contributed by atoms with Crippen molar-refractivity contribution in [2.24, 2.45) is 7.05 Å². The second-order valence-electron chi connectivity index (χ2n) is 5.06. The minimum Gasteiger partial charge on any atom is -0.325 e. The number of halogens is 3. The number of fused-ring (bicyclic) bond motifs is 1. The molecule has 2 aromatic heterocycles. The van der Waals surface area contributed by atoms with E-state index in [1.54, 1.807) is 17.9 Å². The maximum Gasteiger partial charge on any atom is 0.418 e. The zero-order valence-electron chi connectivity index (χ0n) is 12.9. The first-order valence-electron chi connectivity index (χ1n) is 7.08. The van der Waals surface area contributed by atoms with Crippen LogP contribution < -0.4 is 5.32 Å². The molecule has 3 rings (SSSR count). The summed E-state index contributed by atoms with van der Waals surface area (Å²) in [6.07, 6.45) is -1.61. The summed E-state index contributed by atoms with van der Waals surface area (Å²) in [5.41, 5.74) is -0.542. The second kappa shape index (κ2) is 6.71. The van der Waals surface area contributed by atoms with E-state index in [4.69, 9.17) is 0 Å². The van der Waals surface area contributed by atoms with E-state index in [9.17, 15) is 18.0 Å². The van der Waals surface area contributed by atoms with E-state index in [2.05, 4.69) is 20.4 Å². The summed E-state index contributed by atoms with van der Waals surface area (Å²) in [7, 11) is 1.73. The molecule has 6 nitrogen and oxygen atoms in total. The van der Waals surface area contributed by atoms with Crippen LogP contribution in [0.1, 0.15) is 5.56 Å². The summed E-state index contributed by atoms with van der Waals surface area (Å²) in [5.74, 6) is -0.648. The molecule has 0 aliphatic carbocycles. The standard InChI is InChI=1S/C15H12F3N5OS/c1-23-13-9(6-21-23)14(20-8-19-13)25-7-12(24)22-11-5-3-2-4-10(11)15(16,17)18/h2-6,8H,7H2,1H3,(H,22,24). The van der Waals surface area contributed by atoms with Gasteiger partial charge in [0.25, 0.3) is 0 Å². The van der Waals surface area contributed by atoms with Crippen LogP contribution in [0.2, 0.25) is 0 Å². The molecule has 0 radical (unpaired) electrons. The number of benzene rings is 1. The lowest BCUT2D eigenvalue weighted by molar-refractivity contribution is -0.137. The van der Waals surface area contributed by atoms with Gasteiger partial charge in [-0.25, -0.2) is 9.97 Å². The predicted octanol–water partition coefficient (Wildman–Crippen LogP) is 3.11. The first kappa shape index (κ1) is 17.2. The van der Waals surface area contributed by atoms with Crippen molar-refractivity contribution in [3.05, 3.63) is 42.4 Å². The van der Waals surface area contributed by atoms with Crippen molar-refractivity contribution in [1.82, 2.24) is 19.7 Å². The smallest absolute Gasteiger partial charge is 0.325 e. The minimum absolute atomic E-state index is 0.0901. The number of nitrogens with one attached hydrogen (secondary N) is 1. The van der Waals surface area contributed by atoms with Gasteiger partial charge in [0.05, 0.1) is 28.6 Å². The highest BCUT2D eigenvalue weighted by Crippen LogP contribution is 2.34. The molecular weight excluding hydrogens is 355 g/mol. The molecule has 0 spiro atoms. The third-order valence-electron chi connectivity index (χ3n) is 3.34. The molecule has 0 fully saturated rings. The Kier molecular flexibility index (Phi) is 4.62. The Morgan fingerprint density at radius 1 is 1.28 bits per heavy atom. The summed E-state index contributed by atoms with van der Waals surface area (Å²) in [6, 6.07) is 4.84. The number of alkyl halides is 3. The fourth-order valence-corrected chi connectivity index (χ4v) is 2.98. The van der Waals surface area contributed by atoms with Gasteiger partial charge in [-0.1, -0.05) is 23.9 Å². The summed E-state index contributed by atoms with van der Waals surface area (Å²) < 4.78 is 40.4. The average Bonchev–Trinajstić information content (AvgIpc) is 2.94. The number of carbonyl (C=O) groups excluding carboxylic acids is 1. The van der Waals surface area contributed by atoms with E-state index in [0.29, 0.717) is 16.1 Å². The first-order chi connectivity index (χ1) is 11.9. The van der Waals surface area contributed by atoms with E-state index < -0.39 is 17.6 Å². The molecule has 2 heterocycles. The number of para-hydroxylation sites is 1. The summed E-state index contributed by atoms with van der Waals surface area (Å²) in [4.78, 5) is 20.2. The van der Waals surface area contributed by atoms with Crippen LogP contribution in [0, 0.1) is 0 Å². The average molecular weight is 367 g/mol. The molecule has 0 bridgehead atoms. The molecule has 0 aliphatic rings. The number of carbonyl (C=O) groups is 1. The zero-order chi connectivity index (χ0) is 18.0. The Hall–Kier alpha value is -2.62. The Morgan fingerprint density at radius 3 is 2.80 bits per heavy atom. The molecular formula is C15H12F3N5OS. The molecule has 1 amide bonds. The van der Waals surface area contributed by atoms with Crippen molar-refractivity contribution in [3.8, 4) is 0 Å². The van der Waals surface area contributed by atoms with Gasteiger partial charge in [0.2, 0.25) is 5.91 Å². The summed E-state index contributed by atoms with van der Waals surface area (Å²) in [6.45, 7) is 0. The molecule has 10 heteroatoms. The minimum atomic E-state index is -4.54. The highest BCUT2D eigenvalue weighted by atomic mass is 32.2. The maximum absolute atomic E-state index is 12.9. The van der Waals surface area contributed by atoms with E-state index >= 15 is 0 Å². The van der Waals surface area contributed by atoms with E-state index in [1.165, 1.54) is 24.5 Å². The lowest BCUT2D eigenvalue weighted by atomic mass is 10.1. The van der Waals surface area contributed by atoms with Gasteiger partial charge in [-0.3, -0.25) is 9.48 Å². The number of anilines is 1. The number of hydrogen-bond acceptors (Lipinski definition) is 5. The Morgan fingerprint density at radius 2 is 2.04 bits per heavy atom. The van der Waals surface area contributed by atoms with Crippen molar-refractivity contribution in [2.45, 2.75) is 11.2 Å². The van der Waals surface area contributed by atoms with Crippen LogP contribution in [0.3, 0.4) is 0 Å². The van der Waals surface area contributed by atoms with Gasteiger partial charge in [0, 0.05) is 7.05 Å². The normalized spacial score (nSPS) is 11.7. The quantitative estimate of drug-likeness (QED) is 0.567. The second-order valence-corrected chi connectivity index (χ2v) is 6.03. The first-order valence-corrected chi connectivity index (χ1v) is 8.06. The third-order valence-corrected chi connectivity index (χ3v) is 4.34. The predicted molar refractivity (Wildman–Crippen MR) is 87.1 cm³/mol. The van der Waals surface area contributed by atoms with Crippen LogP contribution in [0.4, 0.5) is 18.9 Å². The van der Waals surface area contributed by atoms with E-state index in [1.807, 2.05) is 0 Å². The van der Waals surface area contributed by atoms with Crippen molar-refractivity contribution >= 4 is 34.4 Å². The number of hydrogen-bond donors (Lipinski definition) is 1. The van der Waals surface area contributed by atoms with E-state index in [0.717, 1.165) is 17.8 Å². The molecule has 25 heavy (non-hydrogen) atoms. The molecule has 0 saturated heterocycles. The van der Waals surface area contributed by atoms with Crippen LogP contribution >= 0.6 is 11.8 Å². The van der Waals surface area contributed by atoms with Crippen LogP contribution in [-0.2, 0) is 18.0 Å². The zero-order valence-corrected chi connectivity index (χ0v) is 13.7. The topological polar surface area (TPSA) is 72.7 Å². The SMILES string of the molecule is Cn1ncc2c(SCC(=O)Nc3ccccc3C(F)(F)F)ncnc21. The monoisotopic (exact) mass is 367 g/mol. The van der Waals surface area contributed by atoms with Gasteiger partial charge in [0.15, 0.2) is 5.65 Å². The fourth-order valence-electron chi connectivity index (χ4n) is 2.22. The maximum atomic E-state index is 12.9. The molecule has 0 aliphatic heterocycles. The highest BCUT2D eigenvalue weighted by molar-refractivity contribution is 8.00. The van der Waals surface area contributed by atoms with Crippen LogP contribution in [0.25, 0.3) is 11.0 Å². The molecule has 130 valence electrons. The molecule has 0 saturated carbocycles. The fraction of sp³-hybridized carbons (Fsp3) is 0.200. The lowest BCUT2D eigenvalue weighted by Crippen LogP contribution is -2.18. The molecule has 1 N–H and O–H groups in total. The molecule has 3 aromatic rings. The lowest BCUT2D eigenvalue weighted by Gasteiger charge is -2.13. The van der Waals surface area contributed by atoms with Gasteiger partial charge in [0.1, 0.15) is 11.4 Å². The van der Waals surface area contributed by atoms with Crippen LogP contribution in [0.5, 0.6) is 0 Å². The number of nitrogens with zero attached hydrogens (tertiary/aromatic N) is 4. The molecule has 1 aromatic carbocycles. The van der Waals surface area contributed by atoms with Crippen molar-refractivity contribution in [1.29, 1.82) is 0 Å².